The molecule has 1 aromatic heterocycles. The first-order chi connectivity index (χ1) is 9.09. The van der Waals surface area contributed by atoms with E-state index in [0.717, 1.165) is 12.5 Å². The van der Waals surface area contributed by atoms with Crippen LogP contribution in [0.15, 0.2) is 29.0 Å². The van der Waals surface area contributed by atoms with Gasteiger partial charge in [-0.2, -0.15) is 11.3 Å². The summed E-state index contributed by atoms with van der Waals surface area (Å²) in [6.07, 6.45) is 0.764. The maximum Gasteiger partial charge on any atom is 0.340 e. The highest BCUT2D eigenvalue weighted by Crippen LogP contribution is 2.25. The molecule has 100 valence electrons. The number of nitrogens with two attached hydrogens (primary N) is 1. The van der Waals surface area contributed by atoms with Gasteiger partial charge in [-0.05, 0) is 40.9 Å². The zero-order chi connectivity index (χ0) is 13.8. The summed E-state index contributed by atoms with van der Waals surface area (Å²) in [5.41, 5.74) is 6.41. The fourth-order valence-electron chi connectivity index (χ4n) is 1.75. The number of hydrogen-bond donors (Lipinski definition) is 3. The van der Waals surface area contributed by atoms with Gasteiger partial charge in [0.05, 0.1) is 11.4 Å². The lowest BCUT2D eigenvalue weighted by molar-refractivity contribution is 0.0698. The van der Waals surface area contributed by atoms with E-state index in [1.54, 1.807) is 11.3 Å². The monoisotopic (exact) mass is 280 g/mol. The maximum atomic E-state index is 13.3. The molecule has 2 aromatic rings. The van der Waals surface area contributed by atoms with Gasteiger partial charge in [-0.15, -0.1) is 0 Å². The number of rotatable bonds is 5. The van der Waals surface area contributed by atoms with E-state index in [1.807, 2.05) is 16.8 Å². The van der Waals surface area contributed by atoms with Gasteiger partial charge >= 0.3 is 5.97 Å². The van der Waals surface area contributed by atoms with E-state index in [2.05, 4.69) is 5.32 Å². The van der Waals surface area contributed by atoms with Crippen molar-refractivity contribution in [3.8, 4) is 0 Å². The predicted octanol–water partition coefficient (Wildman–Crippen LogP) is 2.82. The van der Waals surface area contributed by atoms with Gasteiger partial charge in [0.1, 0.15) is 11.4 Å². The molecule has 0 radical (unpaired) electrons. The van der Waals surface area contributed by atoms with Crippen molar-refractivity contribution in [1.82, 2.24) is 0 Å². The van der Waals surface area contributed by atoms with Gasteiger partial charge in [-0.1, -0.05) is 0 Å². The Morgan fingerprint density at radius 3 is 2.84 bits per heavy atom. The minimum Gasteiger partial charge on any atom is -0.478 e. The number of aromatic carboxylic acids is 1. The van der Waals surface area contributed by atoms with E-state index in [1.165, 1.54) is 11.6 Å². The molecule has 0 atom stereocenters. The van der Waals surface area contributed by atoms with E-state index in [9.17, 15) is 9.18 Å². The fourth-order valence-corrected chi connectivity index (χ4v) is 2.45. The number of hydrogen-bond acceptors (Lipinski definition) is 4. The Morgan fingerprint density at radius 1 is 1.42 bits per heavy atom. The third-order valence-electron chi connectivity index (χ3n) is 2.72. The number of halogens is 1. The number of nitrogens with one attached hydrogen (secondary N) is 1. The first-order valence-corrected chi connectivity index (χ1v) is 6.60. The minimum absolute atomic E-state index is 0.217. The number of carbonyl (C=O) groups is 1. The van der Waals surface area contributed by atoms with Crippen molar-refractivity contribution in [2.75, 3.05) is 17.6 Å². The van der Waals surface area contributed by atoms with E-state index in [4.69, 9.17) is 10.8 Å². The molecular weight excluding hydrogens is 267 g/mol. The summed E-state index contributed by atoms with van der Waals surface area (Å²) in [6.45, 7) is 0.558. The van der Waals surface area contributed by atoms with Gasteiger partial charge in [-0.25, -0.2) is 9.18 Å². The first kappa shape index (κ1) is 13.4. The van der Waals surface area contributed by atoms with Crippen LogP contribution >= 0.6 is 11.3 Å². The molecule has 1 heterocycles. The molecule has 0 aliphatic carbocycles. The molecule has 0 spiro atoms. The summed E-state index contributed by atoms with van der Waals surface area (Å²) in [6, 6.07) is 4.56. The minimum atomic E-state index is -1.24. The zero-order valence-corrected chi connectivity index (χ0v) is 10.8. The molecule has 4 nitrogen and oxygen atoms in total. The number of anilines is 2. The molecule has 0 saturated carbocycles. The molecule has 0 aliphatic heterocycles. The average molecular weight is 280 g/mol. The lowest BCUT2D eigenvalue weighted by Gasteiger charge is -2.11. The number of carboxylic acid groups (broad SMARTS) is 1. The van der Waals surface area contributed by atoms with Crippen molar-refractivity contribution in [2.45, 2.75) is 6.42 Å². The zero-order valence-electron chi connectivity index (χ0n) is 10.0. The Labute approximate surface area is 113 Å². The second kappa shape index (κ2) is 5.71. The Bertz CT molecular complexity index is 585. The van der Waals surface area contributed by atoms with Crippen molar-refractivity contribution in [1.29, 1.82) is 0 Å². The van der Waals surface area contributed by atoms with Crippen LogP contribution in [0.5, 0.6) is 0 Å². The van der Waals surface area contributed by atoms with Crippen LogP contribution in [0.3, 0.4) is 0 Å². The predicted molar refractivity (Wildman–Crippen MR) is 74.3 cm³/mol. The molecule has 0 fully saturated rings. The molecule has 0 bridgehead atoms. The smallest absolute Gasteiger partial charge is 0.340 e. The van der Waals surface area contributed by atoms with Crippen LogP contribution in [0.1, 0.15) is 15.9 Å². The Balaban J connectivity index is 2.11. The van der Waals surface area contributed by atoms with Gasteiger partial charge in [0.2, 0.25) is 0 Å². The van der Waals surface area contributed by atoms with Crippen LogP contribution in [-0.2, 0) is 6.42 Å². The van der Waals surface area contributed by atoms with Crippen LogP contribution in [-0.4, -0.2) is 17.6 Å². The summed E-state index contributed by atoms with van der Waals surface area (Å²) in [7, 11) is 0. The highest BCUT2D eigenvalue weighted by Gasteiger charge is 2.17. The second-order valence-corrected chi connectivity index (χ2v) is 4.78. The van der Waals surface area contributed by atoms with Gasteiger partial charge in [0, 0.05) is 6.54 Å². The summed E-state index contributed by atoms with van der Waals surface area (Å²) < 4.78 is 13.3. The maximum absolute atomic E-state index is 13.3. The highest BCUT2D eigenvalue weighted by atomic mass is 32.1. The molecule has 0 amide bonds. The van der Waals surface area contributed by atoms with E-state index >= 15 is 0 Å². The van der Waals surface area contributed by atoms with Crippen molar-refractivity contribution in [2.24, 2.45) is 0 Å². The molecule has 0 unspecified atom stereocenters. The lowest BCUT2D eigenvalue weighted by Crippen LogP contribution is -2.12. The van der Waals surface area contributed by atoms with Crippen LogP contribution in [0, 0.1) is 5.82 Å². The molecule has 1 aromatic carbocycles. The molecule has 4 N–H and O–H groups in total. The van der Waals surface area contributed by atoms with Gasteiger partial charge < -0.3 is 16.2 Å². The normalized spacial score (nSPS) is 10.4. The highest BCUT2D eigenvalue weighted by molar-refractivity contribution is 7.07. The quantitative estimate of drug-likeness (QED) is 0.736. The average Bonchev–Trinajstić information content (AvgIpc) is 2.86. The summed E-state index contributed by atoms with van der Waals surface area (Å²) in [5.74, 6) is -1.96. The third kappa shape index (κ3) is 3.03. The second-order valence-electron chi connectivity index (χ2n) is 4.00. The standard InChI is InChI=1S/C13H13FN2O2S/c14-9-1-2-10(11(12(9)15)13(17)18)16-5-3-8-4-6-19-7-8/h1-2,4,6-7,16H,3,5,15H2,(H,17,18). The van der Waals surface area contributed by atoms with Crippen LogP contribution in [0.4, 0.5) is 15.8 Å². The van der Waals surface area contributed by atoms with Crippen molar-refractivity contribution < 1.29 is 14.3 Å². The summed E-state index contributed by atoms with van der Waals surface area (Å²) in [5, 5.41) is 16.1. The van der Waals surface area contributed by atoms with Crippen LogP contribution < -0.4 is 11.1 Å². The van der Waals surface area contributed by atoms with E-state index in [-0.39, 0.29) is 11.3 Å². The molecular formula is C13H13FN2O2S. The van der Waals surface area contributed by atoms with Gasteiger partial charge in [-0.3, -0.25) is 0 Å². The molecule has 0 saturated heterocycles. The van der Waals surface area contributed by atoms with E-state index in [0.29, 0.717) is 12.2 Å². The number of thiophene rings is 1. The summed E-state index contributed by atoms with van der Waals surface area (Å²) in [4.78, 5) is 11.1. The topological polar surface area (TPSA) is 75.3 Å². The molecule has 19 heavy (non-hydrogen) atoms. The third-order valence-corrected chi connectivity index (χ3v) is 3.45. The number of carboxylic acids is 1. The van der Waals surface area contributed by atoms with Crippen LogP contribution in [0.25, 0.3) is 0 Å². The van der Waals surface area contributed by atoms with E-state index < -0.39 is 11.8 Å². The van der Waals surface area contributed by atoms with Crippen LogP contribution in [0.2, 0.25) is 0 Å². The fraction of sp³-hybridized carbons (Fsp3) is 0.154. The van der Waals surface area contributed by atoms with Gasteiger partial charge in [0.25, 0.3) is 0 Å². The SMILES string of the molecule is Nc1c(F)ccc(NCCc2ccsc2)c1C(=O)O. The summed E-state index contributed by atoms with van der Waals surface area (Å²) >= 11 is 1.61. The Kier molecular flexibility index (Phi) is 4.01. The Morgan fingerprint density at radius 2 is 2.21 bits per heavy atom. The first-order valence-electron chi connectivity index (χ1n) is 5.66. The Hall–Kier alpha value is -2.08. The van der Waals surface area contributed by atoms with Gasteiger partial charge in [0.15, 0.2) is 0 Å². The molecule has 0 aliphatic rings. The molecule has 6 heteroatoms. The number of nitrogen functional groups attached to an aromatic ring is 1. The lowest BCUT2D eigenvalue weighted by atomic mass is 10.1. The molecule has 2 rings (SSSR count). The van der Waals surface area contributed by atoms with Crippen molar-refractivity contribution >= 4 is 28.7 Å². The van der Waals surface area contributed by atoms with Crippen molar-refractivity contribution in [3.05, 3.63) is 45.9 Å². The largest absolute Gasteiger partial charge is 0.478 e. The number of benzene rings is 1. The van der Waals surface area contributed by atoms with Crippen molar-refractivity contribution in [3.63, 3.8) is 0 Å².